The Balaban J connectivity index is 1.92. The van der Waals surface area contributed by atoms with Crippen LogP contribution in [0.2, 0.25) is 0 Å². The molecular weight excluding hydrogens is 248 g/mol. The fourth-order valence-electron chi connectivity index (χ4n) is 2.09. The number of hydrogen-bond donors (Lipinski definition) is 2. The number of nitrogens with zero attached hydrogens (tertiary/aromatic N) is 2. The molecule has 2 aromatic carbocycles. The van der Waals surface area contributed by atoms with E-state index in [0.29, 0.717) is 0 Å². The van der Waals surface area contributed by atoms with E-state index in [4.69, 9.17) is 0 Å². The molecule has 3 rings (SSSR count). The van der Waals surface area contributed by atoms with Gasteiger partial charge in [-0.3, -0.25) is 9.98 Å². The summed E-state index contributed by atoms with van der Waals surface area (Å²) >= 11 is 0. The van der Waals surface area contributed by atoms with Gasteiger partial charge in [-0.15, -0.1) is 0 Å². The molecule has 0 saturated heterocycles. The van der Waals surface area contributed by atoms with Gasteiger partial charge in [-0.2, -0.15) is 0 Å². The molecule has 100 valence electrons. The topological polar surface area (TPSA) is 48.8 Å². The highest BCUT2D eigenvalue weighted by Gasteiger charge is 2.01. The van der Waals surface area contributed by atoms with Gasteiger partial charge in [0.2, 0.25) is 0 Å². The molecule has 1 aliphatic rings. The van der Waals surface area contributed by atoms with Crippen molar-refractivity contribution in [1.82, 2.24) is 0 Å². The molecule has 0 radical (unpaired) electrons. The molecule has 0 amide bonds. The van der Waals surface area contributed by atoms with Gasteiger partial charge in [0.25, 0.3) is 0 Å². The lowest BCUT2D eigenvalue weighted by Gasteiger charge is -2.12. The van der Waals surface area contributed by atoms with Crippen LogP contribution in [-0.4, -0.2) is 25.5 Å². The Bertz CT molecular complexity index is 589. The van der Waals surface area contributed by atoms with Crippen molar-refractivity contribution >= 4 is 35.2 Å². The Labute approximate surface area is 118 Å². The maximum absolute atomic E-state index is 4.44. The molecule has 0 aromatic heterocycles. The highest BCUT2D eigenvalue weighted by Crippen LogP contribution is 2.25. The number of rotatable bonds is 0. The summed E-state index contributed by atoms with van der Waals surface area (Å²) in [6.07, 6.45) is 3.44. The average Bonchev–Trinajstić information content (AvgIpc) is 2.49. The van der Waals surface area contributed by atoms with Gasteiger partial charge in [-0.1, -0.05) is 24.3 Å². The van der Waals surface area contributed by atoms with Crippen molar-refractivity contribution in [3.05, 3.63) is 48.5 Å². The molecule has 1 heterocycles. The molecule has 4 heteroatoms. The second-order valence-corrected chi connectivity index (χ2v) is 4.44. The minimum Gasteiger partial charge on any atom is -0.382 e. The van der Waals surface area contributed by atoms with Crippen LogP contribution in [-0.2, 0) is 0 Å². The summed E-state index contributed by atoms with van der Waals surface area (Å²) in [5, 5.41) is 6.78. The standard InChI is InChI=1S/C16H16N4/c1-2-6-14-13(5-1)17-9-10-19-15-7-3-4-8-16(15)20-12-11-18-14/h1-10,18,20H,11-12H2. The van der Waals surface area contributed by atoms with Crippen LogP contribution in [0.4, 0.5) is 22.7 Å². The van der Waals surface area contributed by atoms with E-state index in [2.05, 4.69) is 20.6 Å². The average molecular weight is 264 g/mol. The molecule has 0 saturated carbocycles. The van der Waals surface area contributed by atoms with Crippen molar-refractivity contribution in [3.8, 4) is 0 Å². The van der Waals surface area contributed by atoms with Crippen LogP contribution in [0.1, 0.15) is 0 Å². The number of anilines is 2. The van der Waals surface area contributed by atoms with E-state index < -0.39 is 0 Å². The molecule has 0 fully saturated rings. The summed E-state index contributed by atoms with van der Waals surface area (Å²) < 4.78 is 0. The van der Waals surface area contributed by atoms with Crippen molar-refractivity contribution in [2.45, 2.75) is 0 Å². The van der Waals surface area contributed by atoms with Crippen LogP contribution in [0.5, 0.6) is 0 Å². The lowest BCUT2D eigenvalue weighted by molar-refractivity contribution is 1.08. The van der Waals surface area contributed by atoms with Gasteiger partial charge in [-0.05, 0) is 24.3 Å². The summed E-state index contributed by atoms with van der Waals surface area (Å²) in [6, 6.07) is 16.0. The molecule has 4 nitrogen and oxygen atoms in total. The summed E-state index contributed by atoms with van der Waals surface area (Å²) in [6.45, 7) is 1.65. The second-order valence-electron chi connectivity index (χ2n) is 4.44. The van der Waals surface area contributed by atoms with Gasteiger partial charge >= 0.3 is 0 Å². The van der Waals surface area contributed by atoms with Crippen LogP contribution < -0.4 is 10.6 Å². The largest absolute Gasteiger partial charge is 0.382 e. The minimum atomic E-state index is 0.824. The Morgan fingerprint density at radius 3 is 1.60 bits per heavy atom. The first-order valence-corrected chi connectivity index (χ1v) is 6.66. The van der Waals surface area contributed by atoms with Crippen LogP contribution in [0, 0.1) is 0 Å². The van der Waals surface area contributed by atoms with E-state index in [1.807, 2.05) is 48.5 Å². The van der Waals surface area contributed by atoms with Gasteiger partial charge in [0, 0.05) is 25.5 Å². The van der Waals surface area contributed by atoms with Gasteiger partial charge in [0.1, 0.15) is 0 Å². The zero-order chi connectivity index (χ0) is 13.6. The van der Waals surface area contributed by atoms with Crippen molar-refractivity contribution < 1.29 is 0 Å². The predicted octanol–water partition coefficient (Wildman–Crippen LogP) is 3.63. The first kappa shape index (κ1) is 12.4. The highest BCUT2D eigenvalue weighted by molar-refractivity contribution is 6.18. The number of para-hydroxylation sites is 4. The number of nitrogens with one attached hydrogen (secondary N) is 2. The monoisotopic (exact) mass is 264 g/mol. The van der Waals surface area contributed by atoms with Gasteiger partial charge < -0.3 is 10.6 Å². The zero-order valence-electron chi connectivity index (χ0n) is 11.1. The smallest absolute Gasteiger partial charge is 0.0861 e. The van der Waals surface area contributed by atoms with E-state index in [9.17, 15) is 0 Å². The molecule has 1 aliphatic heterocycles. The van der Waals surface area contributed by atoms with E-state index in [0.717, 1.165) is 35.8 Å². The third kappa shape index (κ3) is 2.85. The van der Waals surface area contributed by atoms with Crippen molar-refractivity contribution in [2.75, 3.05) is 23.7 Å². The first-order chi connectivity index (χ1) is 9.93. The minimum absolute atomic E-state index is 0.824. The van der Waals surface area contributed by atoms with Gasteiger partial charge in [0.15, 0.2) is 0 Å². The van der Waals surface area contributed by atoms with Gasteiger partial charge in [-0.25, -0.2) is 0 Å². The second kappa shape index (κ2) is 6.02. The lowest BCUT2D eigenvalue weighted by Crippen LogP contribution is -2.13. The SMILES string of the molecule is C1=Nc2ccccc2NCCNc2ccccc2N=C1. The highest BCUT2D eigenvalue weighted by atomic mass is 15.0. The fourth-order valence-corrected chi connectivity index (χ4v) is 2.09. The molecule has 2 N–H and O–H groups in total. The Morgan fingerprint density at radius 1 is 0.650 bits per heavy atom. The number of hydrogen-bond acceptors (Lipinski definition) is 4. The molecule has 0 atom stereocenters. The summed E-state index contributed by atoms with van der Waals surface area (Å²) in [5.41, 5.74) is 3.92. The zero-order valence-corrected chi connectivity index (χ0v) is 11.1. The number of benzene rings is 2. The fraction of sp³-hybridized carbons (Fsp3) is 0.125. The molecule has 0 spiro atoms. The van der Waals surface area contributed by atoms with Crippen molar-refractivity contribution in [2.24, 2.45) is 9.98 Å². The Hall–Kier alpha value is -2.62. The number of fused-ring (bicyclic) bond motifs is 2. The molecule has 20 heavy (non-hydrogen) atoms. The third-order valence-electron chi connectivity index (χ3n) is 3.06. The lowest BCUT2D eigenvalue weighted by atomic mass is 10.2. The Morgan fingerprint density at radius 2 is 1.10 bits per heavy atom. The number of aliphatic imine (C=N–C) groups is 2. The summed E-state index contributed by atoms with van der Waals surface area (Å²) in [4.78, 5) is 8.87. The quantitative estimate of drug-likeness (QED) is 0.763. The van der Waals surface area contributed by atoms with E-state index in [-0.39, 0.29) is 0 Å². The molecule has 2 aromatic rings. The molecule has 0 aliphatic carbocycles. The van der Waals surface area contributed by atoms with Crippen LogP contribution >= 0.6 is 0 Å². The summed E-state index contributed by atoms with van der Waals surface area (Å²) in [5.74, 6) is 0. The first-order valence-electron chi connectivity index (χ1n) is 6.66. The predicted molar refractivity (Wildman–Crippen MR) is 86.2 cm³/mol. The molecule has 0 bridgehead atoms. The van der Waals surface area contributed by atoms with Gasteiger partial charge in [0.05, 0.1) is 22.7 Å². The third-order valence-corrected chi connectivity index (χ3v) is 3.06. The maximum Gasteiger partial charge on any atom is 0.0861 e. The van der Waals surface area contributed by atoms with Crippen molar-refractivity contribution in [1.29, 1.82) is 0 Å². The van der Waals surface area contributed by atoms with E-state index in [1.165, 1.54) is 0 Å². The van der Waals surface area contributed by atoms with E-state index in [1.54, 1.807) is 12.4 Å². The van der Waals surface area contributed by atoms with Crippen LogP contribution in [0.25, 0.3) is 0 Å². The normalized spacial score (nSPS) is 14.0. The van der Waals surface area contributed by atoms with E-state index >= 15 is 0 Å². The summed E-state index contributed by atoms with van der Waals surface area (Å²) in [7, 11) is 0. The molecular formula is C16H16N4. The maximum atomic E-state index is 4.44. The van der Waals surface area contributed by atoms with Crippen LogP contribution in [0.15, 0.2) is 58.5 Å². The molecule has 0 unspecified atom stereocenters. The Kier molecular flexibility index (Phi) is 3.73. The van der Waals surface area contributed by atoms with Crippen LogP contribution in [0.3, 0.4) is 0 Å². The van der Waals surface area contributed by atoms with Crippen molar-refractivity contribution in [3.63, 3.8) is 0 Å².